The fourth-order valence-corrected chi connectivity index (χ4v) is 4.22. The predicted octanol–water partition coefficient (Wildman–Crippen LogP) is 2.53. The molecule has 1 aliphatic rings. The van der Waals surface area contributed by atoms with E-state index in [0.29, 0.717) is 23.9 Å². The number of halogens is 1. The molecule has 6 heteroatoms. The SMILES string of the molecule is COC1CCN(S(=O)(=O)c2ccc(C)c(CCl)c2)CC1. The minimum absolute atomic E-state index is 0.165. The van der Waals surface area contributed by atoms with Crippen LogP contribution in [0.25, 0.3) is 0 Å². The zero-order chi connectivity index (χ0) is 14.8. The Balaban J connectivity index is 2.22. The zero-order valence-electron chi connectivity index (χ0n) is 11.8. The number of methoxy groups -OCH3 is 1. The Kier molecular flexibility index (Phi) is 5.07. The third kappa shape index (κ3) is 3.17. The summed E-state index contributed by atoms with van der Waals surface area (Å²) in [6.07, 6.45) is 1.64. The van der Waals surface area contributed by atoms with Crippen molar-refractivity contribution >= 4 is 21.6 Å². The van der Waals surface area contributed by atoms with Gasteiger partial charge in [0.05, 0.1) is 11.0 Å². The van der Waals surface area contributed by atoms with Crippen molar-refractivity contribution in [2.75, 3.05) is 20.2 Å². The number of aryl methyl sites for hydroxylation is 1. The molecule has 4 nitrogen and oxygen atoms in total. The summed E-state index contributed by atoms with van der Waals surface area (Å²) in [5.41, 5.74) is 1.87. The van der Waals surface area contributed by atoms with Gasteiger partial charge in [-0.15, -0.1) is 11.6 Å². The van der Waals surface area contributed by atoms with Gasteiger partial charge in [0, 0.05) is 26.1 Å². The third-order valence-electron chi connectivity index (χ3n) is 3.84. The van der Waals surface area contributed by atoms with Crippen molar-refractivity contribution < 1.29 is 13.2 Å². The molecular formula is C14H20ClNO3S. The number of nitrogens with zero attached hydrogens (tertiary/aromatic N) is 1. The van der Waals surface area contributed by atoms with Crippen molar-refractivity contribution in [2.45, 2.75) is 36.6 Å². The van der Waals surface area contributed by atoms with Crippen LogP contribution in [0, 0.1) is 6.92 Å². The second-order valence-electron chi connectivity index (χ2n) is 5.06. The minimum Gasteiger partial charge on any atom is -0.381 e. The highest BCUT2D eigenvalue weighted by Gasteiger charge is 2.29. The maximum Gasteiger partial charge on any atom is 0.243 e. The van der Waals surface area contributed by atoms with E-state index >= 15 is 0 Å². The van der Waals surface area contributed by atoms with Crippen LogP contribution in [0.5, 0.6) is 0 Å². The van der Waals surface area contributed by atoms with E-state index < -0.39 is 10.0 Å². The Hall–Kier alpha value is -0.620. The van der Waals surface area contributed by atoms with E-state index in [2.05, 4.69) is 0 Å². The summed E-state index contributed by atoms with van der Waals surface area (Å²) in [6, 6.07) is 5.15. The van der Waals surface area contributed by atoms with E-state index in [1.165, 1.54) is 4.31 Å². The van der Waals surface area contributed by atoms with Gasteiger partial charge >= 0.3 is 0 Å². The third-order valence-corrected chi connectivity index (χ3v) is 6.02. The molecule has 0 N–H and O–H groups in total. The lowest BCUT2D eigenvalue weighted by Gasteiger charge is -2.30. The lowest BCUT2D eigenvalue weighted by atomic mass is 10.1. The van der Waals surface area contributed by atoms with Crippen molar-refractivity contribution in [1.29, 1.82) is 0 Å². The molecule has 0 saturated carbocycles. The smallest absolute Gasteiger partial charge is 0.243 e. The van der Waals surface area contributed by atoms with Gasteiger partial charge in [-0.3, -0.25) is 0 Å². The lowest BCUT2D eigenvalue weighted by molar-refractivity contribution is 0.0604. The number of piperidine rings is 1. The van der Waals surface area contributed by atoms with E-state index in [1.807, 2.05) is 13.0 Å². The molecule has 1 aliphatic heterocycles. The van der Waals surface area contributed by atoms with Crippen LogP contribution in [0.3, 0.4) is 0 Å². The molecule has 112 valence electrons. The van der Waals surface area contributed by atoms with Crippen molar-refractivity contribution in [3.05, 3.63) is 29.3 Å². The first kappa shape index (κ1) is 15.8. The first-order chi connectivity index (χ1) is 9.48. The van der Waals surface area contributed by atoms with Gasteiger partial charge < -0.3 is 4.74 Å². The highest BCUT2D eigenvalue weighted by molar-refractivity contribution is 7.89. The monoisotopic (exact) mass is 317 g/mol. The number of ether oxygens (including phenoxy) is 1. The largest absolute Gasteiger partial charge is 0.381 e. The molecule has 0 bridgehead atoms. The van der Waals surface area contributed by atoms with Crippen molar-refractivity contribution in [3.8, 4) is 0 Å². The molecule has 0 spiro atoms. The van der Waals surface area contributed by atoms with Crippen LogP contribution >= 0.6 is 11.6 Å². The van der Waals surface area contributed by atoms with Crippen LogP contribution in [0.4, 0.5) is 0 Å². The maximum atomic E-state index is 12.6. The second-order valence-corrected chi connectivity index (χ2v) is 7.27. The van der Waals surface area contributed by atoms with E-state index in [0.717, 1.165) is 24.0 Å². The molecule has 1 fully saturated rings. The standard InChI is InChI=1S/C14H20ClNO3S/c1-11-3-4-14(9-12(11)10-15)20(17,18)16-7-5-13(19-2)6-8-16/h3-4,9,13H,5-8,10H2,1-2H3. The summed E-state index contributed by atoms with van der Waals surface area (Å²) >= 11 is 5.85. The first-order valence-corrected chi connectivity index (χ1v) is 8.65. The normalized spacial score (nSPS) is 18.4. The molecule has 0 aliphatic carbocycles. The van der Waals surface area contributed by atoms with Crippen LogP contribution < -0.4 is 0 Å². The summed E-state index contributed by atoms with van der Waals surface area (Å²) in [6.45, 7) is 2.94. The topological polar surface area (TPSA) is 46.6 Å². The average Bonchev–Trinajstić information content (AvgIpc) is 2.47. The Bertz CT molecular complexity index is 566. The van der Waals surface area contributed by atoms with E-state index in [4.69, 9.17) is 16.3 Å². The van der Waals surface area contributed by atoms with Crippen LogP contribution in [-0.4, -0.2) is 39.0 Å². The fraction of sp³-hybridized carbons (Fsp3) is 0.571. The van der Waals surface area contributed by atoms with Gasteiger partial charge in [-0.2, -0.15) is 4.31 Å². The number of hydrogen-bond acceptors (Lipinski definition) is 3. The quantitative estimate of drug-likeness (QED) is 0.802. The number of benzene rings is 1. The zero-order valence-corrected chi connectivity index (χ0v) is 13.4. The van der Waals surface area contributed by atoms with Gasteiger partial charge in [-0.05, 0) is 43.0 Å². The molecule has 1 aromatic carbocycles. The number of hydrogen-bond donors (Lipinski definition) is 0. The van der Waals surface area contributed by atoms with Gasteiger partial charge in [0.2, 0.25) is 10.0 Å². The van der Waals surface area contributed by atoms with Gasteiger partial charge in [-0.1, -0.05) is 6.07 Å². The molecule has 2 rings (SSSR count). The van der Waals surface area contributed by atoms with Crippen LogP contribution in [0.15, 0.2) is 23.1 Å². The number of sulfonamides is 1. The molecular weight excluding hydrogens is 298 g/mol. The lowest BCUT2D eigenvalue weighted by Crippen LogP contribution is -2.40. The Morgan fingerprint density at radius 1 is 1.35 bits per heavy atom. The Morgan fingerprint density at radius 3 is 2.55 bits per heavy atom. The van der Waals surface area contributed by atoms with Gasteiger partial charge in [0.25, 0.3) is 0 Å². The van der Waals surface area contributed by atoms with Crippen molar-refractivity contribution in [1.82, 2.24) is 4.31 Å². The second kappa shape index (κ2) is 6.43. The van der Waals surface area contributed by atoms with Gasteiger partial charge in [-0.25, -0.2) is 8.42 Å². The van der Waals surface area contributed by atoms with Crippen LogP contribution in [-0.2, 0) is 20.6 Å². The van der Waals surface area contributed by atoms with Crippen molar-refractivity contribution in [3.63, 3.8) is 0 Å². The molecule has 0 amide bonds. The van der Waals surface area contributed by atoms with E-state index in [-0.39, 0.29) is 6.10 Å². The van der Waals surface area contributed by atoms with Crippen LogP contribution in [0.1, 0.15) is 24.0 Å². The van der Waals surface area contributed by atoms with Crippen molar-refractivity contribution in [2.24, 2.45) is 0 Å². The van der Waals surface area contributed by atoms with Gasteiger partial charge in [0.1, 0.15) is 0 Å². The molecule has 0 radical (unpaired) electrons. The highest BCUT2D eigenvalue weighted by Crippen LogP contribution is 2.24. The summed E-state index contributed by atoms with van der Waals surface area (Å²) < 4.78 is 32.0. The highest BCUT2D eigenvalue weighted by atomic mass is 35.5. The number of rotatable bonds is 4. The fourth-order valence-electron chi connectivity index (χ4n) is 2.41. The Morgan fingerprint density at radius 2 is 2.00 bits per heavy atom. The first-order valence-electron chi connectivity index (χ1n) is 6.67. The van der Waals surface area contributed by atoms with Gasteiger partial charge in [0.15, 0.2) is 0 Å². The molecule has 0 atom stereocenters. The average molecular weight is 318 g/mol. The molecule has 20 heavy (non-hydrogen) atoms. The van der Waals surface area contributed by atoms with E-state index in [1.54, 1.807) is 19.2 Å². The Labute approximate surface area is 125 Å². The molecule has 0 unspecified atom stereocenters. The maximum absolute atomic E-state index is 12.6. The predicted molar refractivity (Wildman–Crippen MR) is 79.5 cm³/mol. The van der Waals surface area contributed by atoms with Crippen LogP contribution in [0.2, 0.25) is 0 Å². The molecule has 0 aromatic heterocycles. The summed E-state index contributed by atoms with van der Waals surface area (Å²) in [4.78, 5) is 0.328. The summed E-state index contributed by atoms with van der Waals surface area (Å²) in [5.74, 6) is 0.320. The summed E-state index contributed by atoms with van der Waals surface area (Å²) in [7, 11) is -1.76. The summed E-state index contributed by atoms with van der Waals surface area (Å²) in [5, 5.41) is 0. The molecule has 1 saturated heterocycles. The molecule has 1 aromatic rings. The molecule has 1 heterocycles. The van der Waals surface area contributed by atoms with E-state index in [9.17, 15) is 8.42 Å². The number of alkyl halides is 1. The minimum atomic E-state index is -3.42.